The minimum absolute atomic E-state index is 0.0663. The molecular formula is C31H30N4O3. The first kappa shape index (κ1) is 26.2. The molecule has 0 aliphatic carbocycles. The zero-order valence-electron chi connectivity index (χ0n) is 21.6. The maximum atomic E-state index is 13.2. The van der Waals surface area contributed by atoms with Gasteiger partial charge in [0.05, 0.1) is 12.8 Å². The summed E-state index contributed by atoms with van der Waals surface area (Å²) in [4.78, 5) is 28.0. The van der Waals surface area contributed by atoms with Gasteiger partial charge in [0.2, 0.25) is 0 Å². The van der Waals surface area contributed by atoms with Gasteiger partial charge in [0.1, 0.15) is 11.4 Å². The molecule has 0 saturated heterocycles. The van der Waals surface area contributed by atoms with Crippen molar-refractivity contribution >= 4 is 40.6 Å². The van der Waals surface area contributed by atoms with E-state index in [1.54, 1.807) is 36.6 Å². The lowest BCUT2D eigenvalue weighted by Crippen LogP contribution is -2.32. The summed E-state index contributed by atoms with van der Waals surface area (Å²) in [5, 5.41) is 8.92. The second-order valence-electron chi connectivity index (χ2n) is 8.69. The van der Waals surface area contributed by atoms with Gasteiger partial charge in [0, 0.05) is 30.9 Å². The molecule has 0 bridgehead atoms. The van der Waals surface area contributed by atoms with Crippen LogP contribution in [0.5, 0.6) is 5.75 Å². The van der Waals surface area contributed by atoms with Gasteiger partial charge in [-0.3, -0.25) is 9.59 Å². The first-order valence-electron chi connectivity index (χ1n) is 12.3. The van der Waals surface area contributed by atoms with Crippen molar-refractivity contribution in [1.82, 2.24) is 10.7 Å². The minimum Gasteiger partial charge on any atom is -0.493 e. The summed E-state index contributed by atoms with van der Waals surface area (Å²) in [6.07, 6.45) is 3.18. The Hall–Kier alpha value is -4.91. The molecule has 4 aromatic rings. The fraction of sp³-hybridized carbons (Fsp3) is 0.129. The molecule has 38 heavy (non-hydrogen) atoms. The van der Waals surface area contributed by atoms with Crippen LogP contribution in [0.15, 0.2) is 102 Å². The second kappa shape index (κ2) is 12.4. The first-order chi connectivity index (χ1) is 18.5. The van der Waals surface area contributed by atoms with E-state index < -0.39 is 11.8 Å². The summed E-state index contributed by atoms with van der Waals surface area (Å²) in [7, 11) is 3.91. The predicted octanol–water partition coefficient (Wildman–Crippen LogP) is 5.23. The predicted molar refractivity (Wildman–Crippen MR) is 154 cm³/mol. The highest BCUT2D eigenvalue weighted by Gasteiger charge is 2.15. The Morgan fingerprint density at radius 3 is 2.32 bits per heavy atom. The first-order valence-corrected chi connectivity index (χ1v) is 12.3. The number of carbonyl (C=O) groups excluding carboxylic acids is 2. The zero-order chi connectivity index (χ0) is 26.9. The summed E-state index contributed by atoms with van der Waals surface area (Å²) in [6.45, 7) is 2.41. The van der Waals surface area contributed by atoms with E-state index >= 15 is 0 Å². The van der Waals surface area contributed by atoms with E-state index in [9.17, 15) is 9.59 Å². The topological polar surface area (TPSA) is 83.0 Å². The van der Waals surface area contributed by atoms with Gasteiger partial charge in [-0.25, -0.2) is 5.43 Å². The van der Waals surface area contributed by atoms with E-state index in [-0.39, 0.29) is 5.70 Å². The Labute approximate surface area is 222 Å². The molecule has 2 N–H and O–H groups in total. The molecule has 0 aliphatic rings. The lowest BCUT2D eigenvalue weighted by Gasteiger charge is -2.13. The van der Waals surface area contributed by atoms with Crippen LogP contribution in [0.4, 0.5) is 5.69 Å². The van der Waals surface area contributed by atoms with Gasteiger partial charge in [-0.1, -0.05) is 60.7 Å². The molecular weight excluding hydrogens is 476 g/mol. The van der Waals surface area contributed by atoms with Crippen molar-refractivity contribution < 1.29 is 14.3 Å². The Morgan fingerprint density at radius 1 is 0.895 bits per heavy atom. The van der Waals surface area contributed by atoms with Crippen molar-refractivity contribution in [1.29, 1.82) is 0 Å². The lowest BCUT2D eigenvalue weighted by molar-refractivity contribution is -0.117. The summed E-state index contributed by atoms with van der Waals surface area (Å²) in [5.41, 5.74) is 5.59. The van der Waals surface area contributed by atoms with Gasteiger partial charge in [0.25, 0.3) is 11.8 Å². The molecule has 0 aliphatic heterocycles. The summed E-state index contributed by atoms with van der Waals surface area (Å²) < 4.78 is 5.78. The molecule has 0 heterocycles. The zero-order valence-corrected chi connectivity index (χ0v) is 21.6. The summed E-state index contributed by atoms with van der Waals surface area (Å²) in [6, 6.07) is 28.1. The van der Waals surface area contributed by atoms with Crippen LogP contribution in [0.1, 0.15) is 28.4 Å². The van der Waals surface area contributed by atoms with Crippen molar-refractivity contribution in [3.8, 4) is 5.75 Å². The number of amides is 2. The third-order valence-electron chi connectivity index (χ3n) is 5.84. The number of hydrogen-bond acceptors (Lipinski definition) is 5. The molecule has 0 spiro atoms. The van der Waals surface area contributed by atoms with Crippen LogP contribution in [0.2, 0.25) is 0 Å². The van der Waals surface area contributed by atoms with Gasteiger partial charge in [-0.2, -0.15) is 5.10 Å². The Morgan fingerprint density at radius 2 is 1.61 bits per heavy atom. The molecule has 0 radical (unpaired) electrons. The highest BCUT2D eigenvalue weighted by molar-refractivity contribution is 6.06. The van der Waals surface area contributed by atoms with Gasteiger partial charge in [-0.15, -0.1) is 0 Å². The van der Waals surface area contributed by atoms with Gasteiger partial charge < -0.3 is 15.0 Å². The van der Waals surface area contributed by atoms with Gasteiger partial charge in [0.15, 0.2) is 0 Å². The van der Waals surface area contributed by atoms with Crippen LogP contribution in [0.3, 0.4) is 0 Å². The lowest BCUT2D eigenvalue weighted by atomic mass is 10.0. The van der Waals surface area contributed by atoms with Crippen molar-refractivity contribution in [3.63, 3.8) is 0 Å². The van der Waals surface area contributed by atoms with Crippen molar-refractivity contribution in [3.05, 3.63) is 113 Å². The minimum atomic E-state index is -0.555. The number of hydrazone groups is 1. The Bertz CT molecular complexity index is 1480. The highest BCUT2D eigenvalue weighted by Crippen LogP contribution is 2.26. The molecule has 0 atom stereocenters. The van der Waals surface area contributed by atoms with Crippen LogP contribution in [0.25, 0.3) is 16.8 Å². The van der Waals surface area contributed by atoms with Gasteiger partial charge in [-0.05, 0) is 59.7 Å². The molecule has 192 valence electrons. The number of anilines is 1. The third-order valence-corrected chi connectivity index (χ3v) is 5.84. The SMILES string of the molecule is CCOc1ccc2ccccc2c1/C=N\NC(=O)/C(=C\c1ccc(N(C)C)cc1)NC(=O)c1ccccc1. The Balaban J connectivity index is 1.61. The number of hydrogen-bond donors (Lipinski definition) is 2. The summed E-state index contributed by atoms with van der Waals surface area (Å²) >= 11 is 0. The molecule has 0 aromatic heterocycles. The van der Waals surface area contributed by atoms with Crippen LogP contribution in [-0.2, 0) is 4.79 Å². The molecule has 0 fully saturated rings. The third kappa shape index (κ3) is 6.44. The summed E-state index contributed by atoms with van der Waals surface area (Å²) in [5.74, 6) is -0.285. The van der Waals surface area contributed by atoms with Crippen LogP contribution >= 0.6 is 0 Å². The van der Waals surface area contributed by atoms with E-state index in [0.717, 1.165) is 27.6 Å². The fourth-order valence-electron chi connectivity index (χ4n) is 3.88. The average molecular weight is 507 g/mol. The molecule has 0 unspecified atom stereocenters. The molecule has 4 rings (SSSR count). The van der Waals surface area contributed by atoms with E-state index in [1.165, 1.54) is 0 Å². The standard InChI is InChI=1S/C31H30N4O3/c1-4-38-29-19-16-23-10-8-9-13-26(23)27(29)21-32-34-31(37)28(33-30(36)24-11-6-5-7-12-24)20-22-14-17-25(18-15-22)35(2)3/h5-21H,4H2,1-3H3,(H,33,36)(H,34,37)/b28-20+,32-21-. The number of ether oxygens (including phenoxy) is 1. The van der Waals surface area contributed by atoms with E-state index in [2.05, 4.69) is 15.8 Å². The molecule has 7 nitrogen and oxygen atoms in total. The maximum Gasteiger partial charge on any atom is 0.287 e. The molecule has 2 amide bonds. The largest absolute Gasteiger partial charge is 0.493 e. The van der Waals surface area contributed by atoms with Crippen LogP contribution in [-0.4, -0.2) is 38.7 Å². The van der Waals surface area contributed by atoms with E-state index in [4.69, 9.17) is 4.74 Å². The van der Waals surface area contributed by atoms with Crippen molar-refractivity contribution in [2.75, 3.05) is 25.6 Å². The number of fused-ring (bicyclic) bond motifs is 1. The van der Waals surface area contributed by atoms with Crippen LogP contribution in [0, 0.1) is 0 Å². The Kier molecular flexibility index (Phi) is 8.51. The second-order valence-corrected chi connectivity index (χ2v) is 8.69. The van der Waals surface area contributed by atoms with Gasteiger partial charge >= 0.3 is 0 Å². The number of benzene rings is 4. The average Bonchev–Trinajstić information content (AvgIpc) is 2.94. The monoisotopic (exact) mass is 506 g/mol. The normalized spacial score (nSPS) is 11.4. The molecule has 0 saturated carbocycles. The number of nitrogens with one attached hydrogen (secondary N) is 2. The van der Waals surface area contributed by atoms with Crippen LogP contribution < -0.4 is 20.4 Å². The number of nitrogens with zero attached hydrogens (tertiary/aromatic N) is 2. The maximum absolute atomic E-state index is 13.2. The van der Waals surface area contributed by atoms with E-state index in [1.807, 2.05) is 92.6 Å². The fourth-order valence-corrected chi connectivity index (χ4v) is 3.88. The molecule has 4 aromatic carbocycles. The smallest absolute Gasteiger partial charge is 0.287 e. The number of rotatable bonds is 9. The van der Waals surface area contributed by atoms with Crippen molar-refractivity contribution in [2.24, 2.45) is 5.10 Å². The van der Waals surface area contributed by atoms with Crippen molar-refractivity contribution in [2.45, 2.75) is 6.92 Å². The molecule has 7 heteroatoms. The number of carbonyl (C=O) groups is 2. The van der Waals surface area contributed by atoms with E-state index in [0.29, 0.717) is 17.9 Å². The highest BCUT2D eigenvalue weighted by atomic mass is 16.5. The quantitative estimate of drug-likeness (QED) is 0.185.